The SMILES string of the molecule is CS(=O)(=O)c1ccc(/C=C/c2cccc(I)c2)cc1. The third-order valence-electron chi connectivity index (χ3n) is 2.63. The lowest BCUT2D eigenvalue weighted by Crippen LogP contribution is -1.95. The first-order valence-corrected chi connectivity index (χ1v) is 8.66. The van der Waals surface area contributed by atoms with E-state index in [2.05, 4.69) is 28.7 Å². The van der Waals surface area contributed by atoms with Gasteiger partial charge in [0.15, 0.2) is 9.84 Å². The zero-order valence-electron chi connectivity index (χ0n) is 10.4. The van der Waals surface area contributed by atoms with Crippen molar-refractivity contribution in [3.63, 3.8) is 0 Å². The van der Waals surface area contributed by atoms with E-state index in [1.54, 1.807) is 24.3 Å². The van der Waals surface area contributed by atoms with Gasteiger partial charge >= 0.3 is 0 Å². The van der Waals surface area contributed by atoms with Crippen LogP contribution in [0.4, 0.5) is 0 Å². The van der Waals surface area contributed by atoms with Crippen LogP contribution in [0, 0.1) is 3.57 Å². The van der Waals surface area contributed by atoms with Crippen LogP contribution in [0.1, 0.15) is 11.1 Å². The fraction of sp³-hybridized carbons (Fsp3) is 0.0667. The van der Waals surface area contributed by atoms with Gasteiger partial charge in [-0.15, -0.1) is 0 Å². The Balaban J connectivity index is 2.20. The van der Waals surface area contributed by atoms with E-state index in [1.807, 2.05) is 30.4 Å². The average molecular weight is 384 g/mol. The van der Waals surface area contributed by atoms with Gasteiger partial charge in [-0.05, 0) is 58.0 Å². The fourth-order valence-electron chi connectivity index (χ4n) is 1.63. The standard InChI is InChI=1S/C15H13IO2S/c1-19(17,18)15-9-7-12(8-10-15)5-6-13-3-2-4-14(16)11-13/h2-11H,1H3/b6-5+. The van der Waals surface area contributed by atoms with Gasteiger partial charge in [0.05, 0.1) is 4.90 Å². The Hall–Kier alpha value is -1.14. The summed E-state index contributed by atoms with van der Waals surface area (Å²) in [5.41, 5.74) is 2.10. The van der Waals surface area contributed by atoms with Crippen LogP contribution < -0.4 is 0 Å². The Bertz CT molecular complexity index is 701. The summed E-state index contributed by atoms with van der Waals surface area (Å²) in [5.74, 6) is 0. The molecule has 2 nitrogen and oxygen atoms in total. The molecule has 0 aliphatic rings. The van der Waals surface area contributed by atoms with E-state index in [-0.39, 0.29) is 0 Å². The maximum absolute atomic E-state index is 11.3. The summed E-state index contributed by atoms with van der Waals surface area (Å²) >= 11 is 2.27. The molecule has 98 valence electrons. The molecule has 0 atom stereocenters. The van der Waals surface area contributed by atoms with Gasteiger partial charge in [-0.3, -0.25) is 0 Å². The molecule has 0 aliphatic carbocycles. The molecule has 19 heavy (non-hydrogen) atoms. The minimum Gasteiger partial charge on any atom is -0.224 e. The van der Waals surface area contributed by atoms with E-state index in [0.717, 1.165) is 11.1 Å². The molecule has 0 saturated carbocycles. The normalized spacial score (nSPS) is 11.9. The van der Waals surface area contributed by atoms with E-state index in [9.17, 15) is 8.42 Å². The second kappa shape index (κ2) is 5.88. The van der Waals surface area contributed by atoms with Gasteiger partial charge in [0.1, 0.15) is 0 Å². The maximum Gasteiger partial charge on any atom is 0.175 e. The van der Waals surface area contributed by atoms with E-state index in [1.165, 1.54) is 9.83 Å². The lowest BCUT2D eigenvalue weighted by molar-refractivity contribution is 0.602. The molecule has 0 amide bonds. The highest BCUT2D eigenvalue weighted by Crippen LogP contribution is 2.14. The first kappa shape index (κ1) is 14.3. The monoisotopic (exact) mass is 384 g/mol. The van der Waals surface area contributed by atoms with Crippen molar-refractivity contribution >= 4 is 44.6 Å². The molecular weight excluding hydrogens is 371 g/mol. The molecule has 0 aliphatic heterocycles. The van der Waals surface area contributed by atoms with E-state index < -0.39 is 9.84 Å². The number of rotatable bonds is 3. The maximum atomic E-state index is 11.3. The number of benzene rings is 2. The van der Waals surface area contributed by atoms with Crippen LogP contribution in [0.5, 0.6) is 0 Å². The van der Waals surface area contributed by atoms with Gasteiger partial charge in [0.25, 0.3) is 0 Å². The van der Waals surface area contributed by atoms with Gasteiger partial charge in [-0.25, -0.2) is 8.42 Å². The van der Waals surface area contributed by atoms with E-state index in [4.69, 9.17) is 0 Å². The van der Waals surface area contributed by atoms with Crippen molar-refractivity contribution in [1.82, 2.24) is 0 Å². The van der Waals surface area contributed by atoms with Crippen molar-refractivity contribution in [3.8, 4) is 0 Å². The Labute approximate surface area is 127 Å². The molecule has 4 heteroatoms. The molecule has 0 spiro atoms. The first-order chi connectivity index (χ1) is 8.95. The highest BCUT2D eigenvalue weighted by Gasteiger charge is 2.04. The minimum atomic E-state index is -3.12. The van der Waals surface area contributed by atoms with Crippen LogP contribution in [0.2, 0.25) is 0 Å². The molecule has 0 heterocycles. The lowest BCUT2D eigenvalue weighted by Gasteiger charge is -1.99. The van der Waals surface area contributed by atoms with Crippen LogP contribution in [-0.4, -0.2) is 14.7 Å². The van der Waals surface area contributed by atoms with Crippen LogP contribution in [-0.2, 0) is 9.84 Å². The van der Waals surface area contributed by atoms with Crippen LogP contribution in [0.25, 0.3) is 12.2 Å². The summed E-state index contributed by atoms with van der Waals surface area (Å²) in [4.78, 5) is 0.346. The summed E-state index contributed by atoms with van der Waals surface area (Å²) in [6, 6.07) is 15.0. The second-order valence-electron chi connectivity index (χ2n) is 4.23. The molecule has 0 aromatic heterocycles. The molecule has 0 N–H and O–H groups in total. The molecule has 0 unspecified atom stereocenters. The predicted molar refractivity (Wildman–Crippen MR) is 87.6 cm³/mol. The fourth-order valence-corrected chi connectivity index (χ4v) is 2.83. The molecule has 0 bridgehead atoms. The summed E-state index contributed by atoms with van der Waals surface area (Å²) in [6.07, 6.45) is 5.19. The Morgan fingerprint density at radius 2 is 1.58 bits per heavy atom. The second-order valence-corrected chi connectivity index (χ2v) is 7.49. The number of hydrogen-bond acceptors (Lipinski definition) is 2. The smallest absolute Gasteiger partial charge is 0.175 e. The van der Waals surface area contributed by atoms with Crippen molar-refractivity contribution in [1.29, 1.82) is 0 Å². The lowest BCUT2D eigenvalue weighted by atomic mass is 10.1. The van der Waals surface area contributed by atoms with Crippen molar-refractivity contribution in [3.05, 3.63) is 63.2 Å². The largest absolute Gasteiger partial charge is 0.224 e. The molecule has 2 aromatic rings. The molecule has 0 radical (unpaired) electrons. The van der Waals surface area contributed by atoms with Gasteiger partial charge < -0.3 is 0 Å². The summed E-state index contributed by atoms with van der Waals surface area (Å²) in [5, 5.41) is 0. The molecule has 2 aromatic carbocycles. The van der Waals surface area contributed by atoms with Crippen molar-refractivity contribution in [2.75, 3.05) is 6.26 Å². The highest BCUT2D eigenvalue weighted by atomic mass is 127. The quantitative estimate of drug-likeness (QED) is 0.595. The minimum absolute atomic E-state index is 0.346. The van der Waals surface area contributed by atoms with Gasteiger partial charge in [0.2, 0.25) is 0 Å². The van der Waals surface area contributed by atoms with Gasteiger partial charge in [0, 0.05) is 9.83 Å². The summed E-state index contributed by atoms with van der Waals surface area (Å²) in [6.45, 7) is 0. The summed E-state index contributed by atoms with van der Waals surface area (Å²) < 4.78 is 23.9. The van der Waals surface area contributed by atoms with E-state index >= 15 is 0 Å². The first-order valence-electron chi connectivity index (χ1n) is 5.69. The molecule has 2 rings (SSSR count). The third kappa shape index (κ3) is 4.18. The average Bonchev–Trinajstić information content (AvgIpc) is 2.36. The molecular formula is C15H13IO2S. The zero-order chi connectivity index (χ0) is 13.9. The summed E-state index contributed by atoms with van der Waals surface area (Å²) in [7, 11) is -3.12. The predicted octanol–water partition coefficient (Wildman–Crippen LogP) is 3.87. The number of halogens is 1. The zero-order valence-corrected chi connectivity index (χ0v) is 13.4. The van der Waals surface area contributed by atoms with Crippen molar-refractivity contribution < 1.29 is 8.42 Å². The highest BCUT2D eigenvalue weighted by molar-refractivity contribution is 14.1. The third-order valence-corrected chi connectivity index (χ3v) is 4.42. The van der Waals surface area contributed by atoms with Gasteiger partial charge in [-0.1, -0.05) is 36.4 Å². The van der Waals surface area contributed by atoms with Crippen molar-refractivity contribution in [2.24, 2.45) is 0 Å². The topological polar surface area (TPSA) is 34.1 Å². The number of hydrogen-bond donors (Lipinski definition) is 0. The van der Waals surface area contributed by atoms with Crippen LogP contribution in [0.15, 0.2) is 53.4 Å². The van der Waals surface area contributed by atoms with Crippen molar-refractivity contribution in [2.45, 2.75) is 4.90 Å². The van der Waals surface area contributed by atoms with Gasteiger partial charge in [-0.2, -0.15) is 0 Å². The molecule has 0 fully saturated rings. The Morgan fingerprint density at radius 1 is 0.947 bits per heavy atom. The number of sulfone groups is 1. The Morgan fingerprint density at radius 3 is 2.16 bits per heavy atom. The van der Waals surface area contributed by atoms with Crippen LogP contribution in [0.3, 0.4) is 0 Å². The Kier molecular flexibility index (Phi) is 4.42. The van der Waals surface area contributed by atoms with E-state index in [0.29, 0.717) is 4.90 Å². The van der Waals surface area contributed by atoms with Crippen LogP contribution >= 0.6 is 22.6 Å². The molecule has 0 saturated heterocycles.